The van der Waals surface area contributed by atoms with Gasteiger partial charge in [-0.25, -0.2) is 18.4 Å². The molecule has 1 aliphatic rings. The van der Waals surface area contributed by atoms with Gasteiger partial charge in [0.1, 0.15) is 27.1 Å². The summed E-state index contributed by atoms with van der Waals surface area (Å²) in [6, 6.07) is 8.25. The van der Waals surface area contributed by atoms with E-state index in [0.29, 0.717) is 28.5 Å². The number of amides is 1. The minimum Gasteiger partial charge on any atom is -0.379 e. The third-order valence-electron chi connectivity index (χ3n) is 4.45. The Hall–Kier alpha value is -2.97. The molecule has 156 valence electrons. The SMILES string of the molecule is C[C@@]1(c2cc(NC(=O)c3ccc(C#N)cn3)ccn2)C[C@@H](CS(C)(=O)=O)SC(N)=N1. The molecule has 2 aromatic rings. The van der Waals surface area contributed by atoms with Crippen molar-refractivity contribution in [1.82, 2.24) is 9.97 Å². The van der Waals surface area contributed by atoms with Crippen molar-refractivity contribution in [2.75, 3.05) is 17.3 Å². The highest BCUT2D eigenvalue weighted by molar-refractivity contribution is 8.14. The Labute approximate surface area is 178 Å². The number of hydrogen-bond donors (Lipinski definition) is 2. The number of nitrogens with one attached hydrogen (secondary N) is 1. The highest BCUT2D eigenvalue weighted by atomic mass is 32.2. The summed E-state index contributed by atoms with van der Waals surface area (Å²) in [5.41, 5.74) is 6.73. The van der Waals surface area contributed by atoms with Crippen LogP contribution in [0.2, 0.25) is 0 Å². The average Bonchev–Trinajstić information content (AvgIpc) is 2.66. The first-order valence-electron chi connectivity index (χ1n) is 8.92. The first-order chi connectivity index (χ1) is 14.1. The molecule has 0 unspecified atom stereocenters. The lowest BCUT2D eigenvalue weighted by Gasteiger charge is -2.33. The van der Waals surface area contributed by atoms with Crippen LogP contribution in [0.15, 0.2) is 41.7 Å². The van der Waals surface area contributed by atoms with Crippen molar-refractivity contribution in [3.05, 3.63) is 53.6 Å². The Balaban J connectivity index is 1.82. The maximum Gasteiger partial charge on any atom is 0.274 e. The van der Waals surface area contributed by atoms with Crippen LogP contribution in [-0.4, -0.2) is 46.7 Å². The van der Waals surface area contributed by atoms with E-state index in [9.17, 15) is 13.2 Å². The molecule has 0 aliphatic carbocycles. The lowest BCUT2D eigenvalue weighted by Crippen LogP contribution is -2.37. The van der Waals surface area contributed by atoms with Gasteiger partial charge in [0, 0.05) is 29.6 Å². The molecule has 1 aliphatic heterocycles. The van der Waals surface area contributed by atoms with Crippen LogP contribution < -0.4 is 11.1 Å². The quantitative estimate of drug-likeness (QED) is 0.707. The zero-order chi connectivity index (χ0) is 21.9. The van der Waals surface area contributed by atoms with Crippen molar-refractivity contribution in [3.63, 3.8) is 0 Å². The Bertz CT molecular complexity index is 1140. The first-order valence-corrected chi connectivity index (χ1v) is 11.9. The van der Waals surface area contributed by atoms with Crippen LogP contribution in [0.3, 0.4) is 0 Å². The zero-order valence-electron chi connectivity index (χ0n) is 16.4. The number of thioether (sulfide) groups is 1. The third-order valence-corrected chi connectivity index (χ3v) is 6.67. The molecule has 0 aromatic carbocycles. The molecule has 3 N–H and O–H groups in total. The van der Waals surface area contributed by atoms with E-state index >= 15 is 0 Å². The van der Waals surface area contributed by atoms with Gasteiger partial charge in [0.15, 0.2) is 5.17 Å². The predicted molar refractivity (Wildman–Crippen MR) is 116 cm³/mol. The van der Waals surface area contributed by atoms with Crippen LogP contribution in [-0.2, 0) is 15.4 Å². The molecular weight excluding hydrogens is 424 g/mol. The molecule has 1 amide bonds. The van der Waals surface area contributed by atoms with Crippen molar-refractivity contribution >= 4 is 38.4 Å². The molecule has 0 spiro atoms. The van der Waals surface area contributed by atoms with Gasteiger partial charge in [-0.05, 0) is 37.6 Å². The summed E-state index contributed by atoms with van der Waals surface area (Å²) in [4.78, 5) is 25.3. The molecule has 0 saturated heterocycles. The number of carbonyl (C=O) groups excluding carboxylic acids is 1. The van der Waals surface area contributed by atoms with Gasteiger partial charge in [0.2, 0.25) is 0 Å². The minimum absolute atomic E-state index is 0.00966. The van der Waals surface area contributed by atoms with Crippen molar-refractivity contribution in [2.24, 2.45) is 10.7 Å². The summed E-state index contributed by atoms with van der Waals surface area (Å²) in [5.74, 6) is -0.441. The second-order valence-corrected chi connectivity index (χ2v) is 10.7. The largest absolute Gasteiger partial charge is 0.379 e. The van der Waals surface area contributed by atoms with Crippen LogP contribution in [0.4, 0.5) is 5.69 Å². The topological polar surface area (TPSA) is 151 Å². The summed E-state index contributed by atoms with van der Waals surface area (Å²) in [5, 5.41) is 11.6. The number of rotatable bonds is 5. The highest BCUT2D eigenvalue weighted by Crippen LogP contribution is 2.39. The lowest BCUT2D eigenvalue weighted by molar-refractivity contribution is 0.102. The smallest absolute Gasteiger partial charge is 0.274 e. The number of amidine groups is 1. The molecular formula is C19H20N6O3S2. The number of hydrogen-bond acceptors (Lipinski definition) is 9. The molecule has 0 bridgehead atoms. The number of carbonyl (C=O) groups is 1. The van der Waals surface area contributed by atoms with Gasteiger partial charge < -0.3 is 11.1 Å². The average molecular weight is 445 g/mol. The van der Waals surface area contributed by atoms with Gasteiger partial charge in [-0.1, -0.05) is 11.8 Å². The molecule has 30 heavy (non-hydrogen) atoms. The van der Waals surface area contributed by atoms with E-state index < -0.39 is 21.3 Å². The molecule has 3 rings (SSSR count). The summed E-state index contributed by atoms with van der Waals surface area (Å²) in [7, 11) is -3.18. The molecule has 3 heterocycles. The van der Waals surface area contributed by atoms with Gasteiger partial charge >= 0.3 is 0 Å². The van der Waals surface area contributed by atoms with Crippen molar-refractivity contribution in [2.45, 2.75) is 24.1 Å². The fraction of sp³-hybridized carbons (Fsp3) is 0.316. The van der Waals surface area contributed by atoms with E-state index in [0.717, 1.165) is 0 Å². The molecule has 0 radical (unpaired) electrons. The van der Waals surface area contributed by atoms with Crippen LogP contribution >= 0.6 is 11.8 Å². The number of pyridine rings is 2. The second kappa shape index (κ2) is 8.41. The van der Waals surface area contributed by atoms with Gasteiger partial charge in [-0.15, -0.1) is 0 Å². The molecule has 2 atom stereocenters. The Kier molecular flexibility index (Phi) is 6.09. The maximum absolute atomic E-state index is 12.4. The minimum atomic E-state index is -3.18. The van der Waals surface area contributed by atoms with Crippen molar-refractivity contribution in [3.8, 4) is 6.07 Å². The van der Waals surface area contributed by atoms with Gasteiger partial charge in [-0.3, -0.25) is 9.78 Å². The number of nitrogens with zero attached hydrogens (tertiary/aromatic N) is 4. The van der Waals surface area contributed by atoms with E-state index in [1.807, 2.05) is 13.0 Å². The monoisotopic (exact) mass is 444 g/mol. The standard InChI is InChI=1S/C19H20N6O3S2/c1-19(8-14(11-30(2,27)28)29-18(21)25-19)16-7-13(5-6-22-16)24-17(26)15-4-3-12(9-20)10-23-15/h3-7,10,14H,8,11H2,1-2H3,(H2,21,25)(H,22,24,26)/t14-,19-/m0/s1. The van der Waals surface area contributed by atoms with Gasteiger partial charge in [-0.2, -0.15) is 5.26 Å². The zero-order valence-corrected chi connectivity index (χ0v) is 18.0. The molecule has 9 nitrogen and oxygen atoms in total. The van der Waals surface area contributed by atoms with Gasteiger partial charge in [0.05, 0.1) is 17.0 Å². The normalized spacial score (nSPS) is 21.4. The summed E-state index contributed by atoms with van der Waals surface area (Å²) < 4.78 is 23.4. The first kappa shape index (κ1) is 21.7. The van der Waals surface area contributed by atoms with E-state index in [2.05, 4.69) is 20.3 Å². The summed E-state index contributed by atoms with van der Waals surface area (Å²) >= 11 is 1.25. The maximum atomic E-state index is 12.4. The lowest BCUT2D eigenvalue weighted by atomic mass is 9.91. The second-order valence-electron chi connectivity index (χ2n) is 7.19. The summed E-state index contributed by atoms with van der Waals surface area (Å²) in [6.07, 6.45) is 4.50. The number of sulfone groups is 1. The molecule has 11 heteroatoms. The molecule has 2 aromatic heterocycles. The van der Waals surface area contributed by atoms with E-state index in [1.165, 1.54) is 36.3 Å². The van der Waals surface area contributed by atoms with Crippen LogP contribution in [0.1, 0.15) is 35.1 Å². The Morgan fingerprint density at radius 2 is 2.17 bits per heavy atom. The third kappa shape index (κ3) is 5.34. The summed E-state index contributed by atoms with van der Waals surface area (Å²) in [6.45, 7) is 1.84. The van der Waals surface area contributed by atoms with Crippen molar-refractivity contribution in [1.29, 1.82) is 5.26 Å². The molecule has 0 fully saturated rings. The van der Waals surface area contributed by atoms with Crippen LogP contribution in [0.5, 0.6) is 0 Å². The Morgan fingerprint density at radius 3 is 2.80 bits per heavy atom. The van der Waals surface area contributed by atoms with Crippen LogP contribution in [0.25, 0.3) is 0 Å². The number of nitriles is 1. The Morgan fingerprint density at radius 1 is 1.40 bits per heavy atom. The van der Waals surface area contributed by atoms with Crippen LogP contribution in [0, 0.1) is 11.3 Å². The number of aliphatic imine (C=N–C) groups is 1. The van der Waals surface area contributed by atoms with E-state index in [-0.39, 0.29) is 16.7 Å². The fourth-order valence-corrected chi connectivity index (χ4v) is 5.97. The number of aromatic nitrogens is 2. The molecule has 0 saturated carbocycles. The van der Waals surface area contributed by atoms with Crippen molar-refractivity contribution < 1.29 is 13.2 Å². The number of nitrogens with two attached hydrogens (primary N) is 1. The fourth-order valence-electron chi connectivity index (χ4n) is 3.16. The highest BCUT2D eigenvalue weighted by Gasteiger charge is 2.37. The van der Waals surface area contributed by atoms with Gasteiger partial charge in [0.25, 0.3) is 5.91 Å². The van der Waals surface area contributed by atoms with E-state index in [4.69, 9.17) is 11.0 Å². The predicted octanol–water partition coefficient (Wildman–Crippen LogP) is 1.68. The van der Waals surface area contributed by atoms with E-state index in [1.54, 1.807) is 18.3 Å². The number of anilines is 1.